The summed E-state index contributed by atoms with van der Waals surface area (Å²) in [5, 5.41) is 0. The Balaban J connectivity index is 0.000000213. The lowest BCUT2D eigenvalue weighted by molar-refractivity contribution is 1.08. The van der Waals surface area contributed by atoms with Crippen molar-refractivity contribution < 1.29 is 0 Å². The highest BCUT2D eigenvalue weighted by molar-refractivity contribution is 5.70. The summed E-state index contributed by atoms with van der Waals surface area (Å²) in [6.45, 7) is 11.5. The lowest BCUT2D eigenvalue weighted by atomic mass is 10.1. The number of benzene rings is 1. The van der Waals surface area contributed by atoms with E-state index in [-0.39, 0.29) is 0 Å². The Bertz CT molecular complexity index is 341. The van der Waals surface area contributed by atoms with Gasteiger partial charge in [0.1, 0.15) is 0 Å². The fourth-order valence-electron chi connectivity index (χ4n) is 1.50. The predicted octanol–water partition coefficient (Wildman–Crippen LogP) is 4.23. The van der Waals surface area contributed by atoms with Gasteiger partial charge in [0.15, 0.2) is 0 Å². The van der Waals surface area contributed by atoms with Crippen molar-refractivity contribution in [1.29, 1.82) is 0 Å². The smallest absolute Gasteiger partial charge is 0.0198 e. The average Bonchev–Trinajstić information content (AvgIpc) is 2.48. The van der Waals surface area contributed by atoms with E-state index in [0.717, 1.165) is 6.42 Å². The van der Waals surface area contributed by atoms with E-state index in [1.54, 1.807) is 0 Å². The molecule has 0 unspecified atom stereocenters. The van der Waals surface area contributed by atoms with Crippen LogP contribution in [0, 0.1) is 0 Å². The maximum atomic E-state index is 4.00. The second-order valence-electron chi connectivity index (χ2n) is 3.97. The second-order valence-corrected chi connectivity index (χ2v) is 3.97. The van der Waals surface area contributed by atoms with Crippen LogP contribution in [-0.4, -0.2) is 0 Å². The first kappa shape index (κ1) is 10.8. The first-order valence-corrected chi connectivity index (χ1v) is 4.99. The van der Waals surface area contributed by atoms with E-state index >= 15 is 0 Å². The quantitative estimate of drug-likeness (QED) is 0.532. The summed E-state index contributed by atoms with van der Waals surface area (Å²) in [5.74, 6) is 0. The van der Waals surface area contributed by atoms with Gasteiger partial charge < -0.3 is 0 Å². The molecular weight excluding hydrogens is 168 g/mol. The highest BCUT2D eigenvalue weighted by Gasteiger charge is 2.11. The summed E-state index contributed by atoms with van der Waals surface area (Å²) in [6, 6.07) is 8.52. The fraction of sp³-hybridized carbons (Fsp3) is 0.286. The van der Waals surface area contributed by atoms with Gasteiger partial charge in [0.2, 0.25) is 0 Å². The van der Waals surface area contributed by atoms with Crippen LogP contribution in [0.1, 0.15) is 31.4 Å². The van der Waals surface area contributed by atoms with Crippen LogP contribution in [0.5, 0.6) is 0 Å². The Morgan fingerprint density at radius 1 is 1.14 bits per heavy atom. The third-order valence-corrected chi connectivity index (χ3v) is 2.09. The fourth-order valence-corrected chi connectivity index (χ4v) is 1.50. The molecule has 0 saturated heterocycles. The van der Waals surface area contributed by atoms with E-state index in [2.05, 4.69) is 37.4 Å². The molecule has 0 saturated carbocycles. The van der Waals surface area contributed by atoms with E-state index in [1.807, 2.05) is 13.8 Å². The van der Waals surface area contributed by atoms with Crippen molar-refractivity contribution in [3.8, 4) is 0 Å². The number of allylic oxidation sites excluding steroid dienone is 2. The first-order chi connectivity index (χ1) is 6.61. The van der Waals surface area contributed by atoms with Gasteiger partial charge in [0.25, 0.3) is 0 Å². The summed E-state index contributed by atoms with van der Waals surface area (Å²) in [6.07, 6.45) is 2.34. The average molecular weight is 186 g/mol. The Morgan fingerprint density at radius 3 is 2.29 bits per heavy atom. The lowest BCUT2D eigenvalue weighted by Crippen LogP contribution is -1.76. The molecule has 0 aromatic heterocycles. The van der Waals surface area contributed by atoms with Crippen LogP contribution in [0.4, 0.5) is 0 Å². The maximum absolute atomic E-state index is 4.00. The second kappa shape index (κ2) is 4.80. The molecule has 0 atom stereocenters. The normalized spacial score (nSPS) is 12.9. The molecule has 0 heteroatoms. The van der Waals surface area contributed by atoms with Gasteiger partial charge in [0, 0.05) is 0 Å². The molecule has 0 aliphatic heterocycles. The third-order valence-electron chi connectivity index (χ3n) is 2.09. The zero-order chi connectivity index (χ0) is 10.6. The number of rotatable bonds is 0. The van der Waals surface area contributed by atoms with Gasteiger partial charge >= 0.3 is 0 Å². The van der Waals surface area contributed by atoms with Crippen molar-refractivity contribution in [2.75, 3.05) is 0 Å². The molecule has 0 fully saturated rings. The lowest BCUT2D eigenvalue weighted by Gasteiger charge is -1.95. The van der Waals surface area contributed by atoms with Crippen molar-refractivity contribution in [2.45, 2.75) is 26.7 Å². The maximum Gasteiger partial charge on any atom is -0.0198 e. The van der Waals surface area contributed by atoms with Crippen LogP contribution in [0.25, 0.3) is 5.57 Å². The number of fused-ring (bicyclic) bond motifs is 1. The van der Waals surface area contributed by atoms with Crippen LogP contribution >= 0.6 is 0 Å². The molecular formula is C14H18. The van der Waals surface area contributed by atoms with Crippen molar-refractivity contribution in [1.82, 2.24) is 0 Å². The number of hydrogen-bond acceptors (Lipinski definition) is 0. The van der Waals surface area contributed by atoms with Crippen molar-refractivity contribution in [2.24, 2.45) is 0 Å². The minimum absolute atomic E-state index is 1.15. The summed E-state index contributed by atoms with van der Waals surface area (Å²) in [4.78, 5) is 0. The Morgan fingerprint density at radius 2 is 1.71 bits per heavy atom. The standard InChI is InChI=1S/C10H10.C4H8/c1-8-6-7-9-4-2-3-5-10(8)9;1-4(2)3/h2-5H,1,6-7H2;1H2,2-3H3. The van der Waals surface area contributed by atoms with Gasteiger partial charge in [-0.2, -0.15) is 0 Å². The molecule has 0 amide bonds. The molecule has 1 aliphatic carbocycles. The Kier molecular flexibility index (Phi) is 3.70. The predicted molar refractivity (Wildman–Crippen MR) is 64.3 cm³/mol. The molecule has 1 aliphatic rings. The molecule has 74 valence electrons. The molecule has 0 heterocycles. The molecule has 0 radical (unpaired) electrons. The molecule has 0 nitrogen and oxygen atoms in total. The van der Waals surface area contributed by atoms with E-state index in [0.29, 0.717) is 0 Å². The Hall–Kier alpha value is -1.30. The van der Waals surface area contributed by atoms with Gasteiger partial charge in [-0.25, -0.2) is 0 Å². The van der Waals surface area contributed by atoms with Gasteiger partial charge in [0.05, 0.1) is 0 Å². The van der Waals surface area contributed by atoms with Crippen molar-refractivity contribution in [3.05, 3.63) is 54.1 Å². The van der Waals surface area contributed by atoms with Crippen LogP contribution < -0.4 is 0 Å². The summed E-state index contributed by atoms with van der Waals surface area (Å²) < 4.78 is 0. The zero-order valence-corrected chi connectivity index (χ0v) is 9.14. The molecule has 0 N–H and O–H groups in total. The monoisotopic (exact) mass is 186 g/mol. The minimum Gasteiger partial charge on any atom is -0.100 e. The zero-order valence-electron chi connectivity index (χ0n) is 9.14. The van der Waals surface area contributed by atoms with E-state index in [9.17, 15) is 0 Å². The van der Waals surface area contributed by atoms with Crippen LogP contribution in [0.15, 0.2) is 43.0 Å². The van der Waals surface area contributed by atoms with E-state index in [1.165, 1.54) is 28.7 Å². The SMILES string of the molecule is C=C(C)C.C=C1CCc2ccccc21. The third kappa shape index (κ3) is 2.88. The molecule has 0 bridgehead atoms. The first-order valence-electron chi connectivity index (χ1n) is 4.99. The largest absolute Gasteiger partial charge is 0.100 e. The highest BCUT2D eigenvalue weighted by Crippen LogP contribution is 2.29. The molecule has 1 aromatic rings. The van der Waals surface area contributed by atoms with E-state index in [4.69, 9.17) is 0 Å². The molecule has 1 aromatic carbocycles. The van der Waals surface area contributed by atoms with Crippen molar-refractivity contribution in [3.63, 3.8) is 0 Å². The topological polar surface area (TPSA) is 0 Å². The van der Waals surface area contributed by atoms with E-state index < -0.39 is 0 Å². The van der Waals surface area contributed by atoms with Crippen molar-refractivity contribution >= 4 is 5.57 Å². The van der Waals surface area contributed by atoms with Gasteiger partial charge in [-0.05, 0) is 43.4 Å². The molecule has 0 spiro atoms. The summed E-state index contributed by atoms with van der Waals surface area (Å²) in [7, 11) is 0. The van der Waals surface area contributed by atoms with Crippen LogP contribution in [0.3, 0.4) is 0 Å². The molecule has 2 rings (SSSR count). The number of hydrogen-bond donors (Lipinski definition) is 0. The number of aryl methyl sites for hydroxylation is 1. The van der Waals surface area contributed by atoms with Gasteiger partial charge in [-0.15, -0.1) is 6.58 Å². The highest BCUT2D eigenvalue weighted by atomic mass is 14.2. The summed E-state index contributed by atoms with van der Waals surface area (Å²) >= 11 is 0. The van der Waals surface area contributed by atoms with Gasteiger partial charge in [-0.3, -0.25) is 0 Å². The Labute approximate surface area is 87.0 Å². The summed E-state index contributed by atoms with van der Waals surface area (Å²) in [5.41, 5.74) is 5.31. The minimum atomic E-state index is 1.15. The van der Waals surface area contributed by atoms with Crippen LogP contribution in [-0.2, 0) is 6.42 Å². The van der Waals surface area contributed by atoms with Gasteiger partial charge in [-0.1, -0.05) is 36.4 Å². The molecule has 14 heavy (non-hydrogen) atoms. The van der Waals surface area contributed by atoms with Crippen LogP contribution in [0.2, 0.25) is 0 Å².